The first-order valence-electron chi connectivity index (χ1n) is 16.1. The zero-order chi connectivity index (χ0) is 33.4. The number of imidazole rings is 1. The van der Waals surface area contributed by atoms with Gasteiger partial charge < -0.3 is 31.6 Å². The number of ether oxygens (including phenoxy) is 1. The molecule has 0 spiro atoms. The molecule has 8 N–H and O–H groups in total. The minimum atomic E-state index is -4.21. The third-order valence-corrected chi connectivity index (χ3v) is 9.59. The molecule has 4 aromatic rings. The standard InChI is InChI=1S/C17H21N3O5S.C17H23N3O/c18-17-6-2-12(8-20-17)15(21)10-19-9-13-3-1-11-7-14(26(22,23)24)4-5-16(11)25-13;18-14-8-10-16(11-9-14)20-12-15(19-17(20)21)7-2-1-4-13-5-3-6-13/h2,4-8,13,15,19,21H,1,3,9-10H2,(H2,18,20)(H,22,23,24);8-13H,1-7,18H2,(H,19,21). The van der Waals surface area contributed by atoms with Gasteiger partial charge in [-0.3, -0.25) is 9.12 Å². The van der Waals surface area contributed by atoms with Gasteiger partial charge in [0.05, 0.1) is 16.7 Å². The minimum absolute atomic E-state index is 0.0752. The first kappa shape index (κ1) is 34.2. The molecule has 13 heteroatoms. The summed E-state index contributed by atoms with van der Waals surface area (Å²) in [5, 5.41) is 13.3. The predicted molar refractivity (Wildman–Crippen MR) is 181 cm³/mol. The van der Waals surface area contributed by atoms with Crippen molar-refractivity contribution in [1.29, 1.82) is 0 Å². The third-order valence-electron chi connectivity index (χ3n) is 8.74. The van der Waals surface area contributed by atoms with E-state index < -0.39 is 16.2 Å². The molecular weight excluding hydrogens is 620 g/mol. The molecule has 0 saturated heterocycles. The van der Waals surface area contributed by atoms with Gasteiger partial charge in [-0.15, -0.1) is 0 Å². The number of nitrogens with two attached hydrogens (primary N) is 2. The lowest BCUT2D eigenvalue weighted by Crippen LogP contribution is -2.36. The van der Waals surface area contributed by atoms with Crippen molar-refractivity contribution in [3.05, 3.63) is 94.3 Å². The highest BCUT2D eigenvalue weighted by Crippen LogP contribution is 2.31. The first-order valence-corrected chi connectivity index (χ1v) is 17.5. The average Bonchev–Trinajstić information content (AvgIpc) is 3.40. The van der Waals surface area contributed by atoms with E-state index in [4.69, 9.17) is 20.8 Å². The molecule has 1 saturated carbocycles. The van der Waals surface area contributed by atoms with Gasteiger partial charge in [-0.1, -0.05) is 38.2 Å². The quantitative estimate of drug-likeness (QED) is 0.0725. The van der Waals surface area contributed by atoms with Crippen molar-refractivity contribution in [3.8, 4) is 11.4 Å². The van der Waals surface area contributed by atoms with Crippen molar-refractivity contribution in [3.63, 3.8) is 0 Å². The maximum Gasteiger partial charge on any atom is 0.330 e. The Morgan fingerprint density at radius 2 is 1.85 bits per heavy atom. The van der Waals surface area contributed by atoms with Crippen molar-refractivity contribution < 1.29 is 22.8 Å². The summed E-state index contributed by atoms with van der Waals surface area (Å²) in [5.74, 6) is 1.99. The average molecular weight is 665 g/mol. The molecule has 0 bridgehead atoms. The van der Waals surface area contributed by atoms with Gasteiger partial charge in [0.1, 0.15) is 17.7 Å². The molecule has 1 fully saturated rings. The number of unbranched alkanes of at least 4 members (excludes halogenated alkanes) is 1. The summed E-state index contributed by atoms with van der Waals surface area (Å²) in [5.41, 5.74) is 15.1. The number of rotatable bonds is 12. The molecule has 1 aliphatic carbocycles. The van der Waals surface area contributed by atoms with E-state index in [0.29, 0.717) is 48.7 Å². The molecular formula is C34H44N6O6S. The van der Waals surface area contributed by atoms with Crippen LogP contribution < -0.4 is 27.2 Å². The van der Waals surface area contributed by atoms with Gasteiger partial charge in [0.2, 0.25) is 0 Å². The van der Waals surface area contributed by atoms with Gasteiger partial charge in [0.25, 0.3) is 10.1 Å². The number of hydrogen-bond acceptors (Lipinski definition) is 9. The van der Waals surface area contributed by atoms with E-state index in [1.807, 2.05) is 30.5 Å². The number of H-pyrrole nitrogens is 1. The van der Waals surface area contributed by atoms with Crippen LogP contribution in [-0.2, 0) is 23.0 Å². The van der Waals surface area contributed by atoms with Crippen molar-refractivity contribution in [2.24, 2.45) is 5.92 Å². The van der Waals surface area contributed by atoms with Crippen molar-refractivity contribution in [1.82, 2.24) is 19.9 Å². The summed E-state index contributed by atoms with van der Waals surface area (Å²) in [6.45, 7) is 0.888. The molecule has 2 aromatic heterocycles. The number of aryl methyl sites for hydroxylation is 2. The monoisotopic (exact) mass is 664 g/mol. The van der Waals surface area contributed by atoms with E-state index >= 15 is 0 Å². The topological polar surface area (TPSA) is 199 Å². The Kier molecular flexibility index (Phi) is 11.4. The number of benzene rings is 2. The van der Waals surface area contributed by atoms with E-state index in [0.717, 1.165) is 35.7 Å². The Labute approximate surface area is 274 Å². The largest absolute Gasteiger partial charge is 0.489 e. The molecule has 0 amide bonds. The third kappa shape index (κ3) is 9.67. The molecule has 3 heterocycles. The van der Waals surface area contributed by atoms with Gasteiger partial charge in [-0.05, 0) is 85.7 Å². The lowest BCUT2D eigenvalue weighted by Gasteiger charge is -2.27. The van der Waals surface area contributed by atoms with Gasteiger partial charge in [0.15, 0.2) is 0 Å². The highest BCUT2D eigenvalue weighted by molar-refractivity contribution is 7.85. The molecule has 12 nitrogen and oxygen atoms in total. The second-order valence-corrected chi connectivity index (χ2v) is 13.7. The molecule has 2 aromatic carbocycles. The normalized spacial score (nSPS) is 16.7. The highest BCUT2D eigenvalue weighted by Gasteiger charge is 2.22. The number of aliphatic hydroxyl groups excluding tert-OH is 1. The van der Waals surface area contributed by atoms with Crippen LogP contribution in [0.3, 0.4) is 0 Å². The number of hydrogen-bond donors (Lipinski definition) is 6. The second kappa shape index (κ2) is 15.6. The molecule has 252 valence electrons. The smallest absolute Gasteiger partial charge is 0.330 e. The molecule has 47 heavy (non-hydrogen) atoms. The first-order chi connectivity index (χ1) is 22.5. The second-order valence-electron chi connectivity index (χ2n) is 12.3. The van der Waals surface area contributed by atoms with Crippen molar-refractivity contribution >= 4 is 21.6 Å². The number of anilines is 2. The van der Waals surface area contributed by atoms with Crippen LogP contribution >= 0.6 is 0 Å². The number of nitrogens with zero attached hydrogens (tertiary/aromatic N) is 2. The van der Waals surface area contributed by atoms with Crippen LogP contribution in [0.5, 0.6) is 5.75 Å². The number of nitrogen functional groups attached to an aromatic ring is 2. The summed E-state index contributed by atoms with van der Waals surface area (Å²) >= 11 is 0. The maximum atomic E-state index is 12.0. The van der Waals surface area contributed by atoms with E-state index in [1.54, 1.807) is 29.0 Å². The maximum absolute atomic E-state index is 12.0. The van der Waals surface area contributed by atoms with Gasteiger partial charge in [0, 0.05) is 42.4 Å². The summed E-state index contributed by atoms with van der Waals surface area (Å²) in [6, 6.07) is 15.0. The van der Waals surface area contributed by atoms with Crippen LogP contribution in [0.25, 0.3) is 5.69 Å². The Hall–Kier alpha value is -4.17. The van der Waals surface area contributed by atoms with E-state index in [9.17, 15) is 18.3 Å². The lowest BCUT2D eigenvalue weighted by molar-refractivity contribution is 0.146. The van der Waals surface area contributed by atoms with E-state index in [1.165, 1.54) is 44.2 Å². The molecule has 2 unspecified atom stereocenters. The van der Waals surface area contributed by atoms with Crippen LogP contribution in [0.15, 0.2) is 76.7 Å². The van der Waals surface area contributed by atoms with Crippen molar-refractivity contribution in [2.45, 2.75) is 74.9 Å². The number of fused-ring (bicyclic) bond motifs is 1. The summed E-state index contributed by atoms with van der Waals surface area (Å²) in [7, 11) is -4.21. The number of pyridine rings is 1. The fourth-order valence-corrected chi connectivity index (χ4v) is 6.30. The van der Waals surface area contributed by atoms with Crippen molar-refractivity contribution in [2.75, 3.05) is 24.6 Å². The fourth-order valence-electron chi connectivity index (χ4n) is 5.77. The van der Waals surface area contributed by atoms with Crippen LogP contribution in [-0.4, -0.2) is 51.8 Å². The van der Waals surface area contributed by atoms with E-state index in [2.05, 4.69) is 15.3 Å². The van der Waals surface area contributed by atoms with Gasteiger partial charge in [-0.25, -0.2) is 9.78 Å². The van der Waals surface area contributed by atoms with Crippen LogP contribution in [0.4, 0.5) is 11.5 Å². The zero-order valence-corrected chi connectivity index (χ0v) is 27.2. The fraction of sp³-hybridized carbons (Fsp3) is 0.412. The van der Waals surface area contributed by atoms with Crippen LogP contribution in [0.2, 0.25) is 0 Å². The minimum Gasteiger partial charge on any atom is -0.489 e. The molecule has 2 aliphatic rings. The van der Waals surface area contributed by atoms with Gasteiger partial charge in [-0.2, -0.15) is 8.42 Å². The Balaban J connectivity index is 0.000000189. The lowest BCUT2D eigenvalue weighted by atomic mass is 9.82. The number of aliphatic hydroxyl groups is 1. The number of nitrogens with one attached hydrogen (secondary N) is 2. The Bertz CT molecular complexity index is 1770. The molecule has 1 aliphatic heterocycles. The highest BCUT2D eigenvalue weighted by atomic mass is 32.2. The molecule has 2 atom stereocenters. The summed E-state index contributed by atoms with van der Waals surface area (Å²) in [6.07, 6.45) is 13.0. The SMILES string of the molecule is Nc1ccc(-n2cc(CCCCC3CCC3)[nH]c2=O)cc1.Nc1ccc(C(O)CNCC2CCc3cc(S(=O)(=O)O)ccc3O2)cn1. The number of aromatic amines is 1. The number of aromatic nitrogens is 3. The predicted octanol–water partition coefficient (Wildman–Crippen LogP) is 4.19. The van der Waals surface area contributed by atoms with Gasteiger partial charge >= 0.3 is 5.69 Å². The Morgan fingerprint density at radius 1 is 1.06 bits per heavy atom. The molecule has 6 rings (SSSR count). The summed E-state index contributed by atoms with van der Waals surface area (Å²) in [4.78, 5) is 18.8. The zero-order valence-electron chi connectivity index (χ0n) is 26.3. The van der Waals surface area contributed by atoms with E-state index in [-0.39, 0.29) is 16.7 Å². The summed E-state index contributed by atoms with van der Waals surface area (Å²) < 4.78 is 39.0. The Morgan fingerprint density at radius 3 is 2.53 bits per heavy atom. The molecule has 0 radical (unpaired) electrons. The van der Waals surface area contributed by atoms with Crippen LogP contribution in [0.1, 0.15) is 67.9 Å². The van der Waals surface area contributed by atoms with Crippen LogP contribution in [0, 0.1) is 5.92 Å².